The van der Waals surface area contributed by atoms with Crippen LogP contribution in [-0.2, 0) is 17.9 Å². The van der Waals surface area contributed by atoms with E-state index in [1.807, 2.05) is 30.3 Å². The van der Waals surface area contributed by atoms with Crippen LogP contribution in [0, 0.1) is 0 Å². The number of hydrogen-bond donors (Lipinski definition) is 1. The van der Waals surface area contributed by atoms with Crippen molar-refractivity contribution in [3.63, 3.8) is 0 Å². The molecule has 10 heteroatoms. The fourth-order valence-electron chi connectivity index (χ4n) is 3.98. The lowest BCUT2D eigenvalue weighted by Gasteiger charge is -2.10. The zero-order valence-corrected chi connectivity index (χ0v) is 19.4. The van der Waals surface area contributed by atoms with Crippen molar-refractivity contribution in [2.24, 2.45) is 0 Å². The van der Waals surface area contributed by atoms with E-state index in [4.69, 9.17) is 16.3 Å². The first-order valence-electron chi connectivity index (χ1n) is 10.7. The van der Waals surface area contributed by atoms with Gasteiger partial charge in [-0.3, -0.25) is 14.2 Å². The van der Waals surface area contributed by atoms with Gasteiger partial charge < -0.3 is 10.1 Å². The van der Waals surface area contributed by atoms with Crippen LogP contribution in [0.1, 0.15) is 5.56 Å². The normalized spacial score (nSPS) is 11.1. The molecular formula is C25H20ClN5O4. The maximum absolute atomic E-state index is 13.3. The number of benzene rings is 3. The molecule has 35 heavy (non-hydrogen) atoms. The molecule has 0 aliphatic carbocycles. The molecular weight excluding hydrogens is 470 g/mol. The van der Waals surface area contributed by atoms with Crippen molar-refractivity contribution in [3.05, 3.63) is 104 Å². The summed E-state index contributed by atoms with van der Waals surface area (Å²) in [6, 6.07) is 21.1. The molecule has 2 heterocycles. The van der Waals surface area contributed by atoms with Gasteiger partial charge in [0.15, 0.2) is 0 Å². The Morgan fingerprint density at radius 3 is 2.54 bits per heavy atom. The highest BCUT2D eigenvalue weighted by Crippen LogP contribution is 2.27. The number of amides is 1. The van der Waals surface area contributed by atoms with Crippen LogP contribution >= 0.6 is 11.6 Å². The fraction of sp³-hybridized carbons (Fsp3) is 0.120. The average molecular weight is 490 g/mol. The van der Waals surface area contributed by atoms with E-state index in [1.165, 1.54) is 16.1 Å². The van der Waals surface area contributed by atoms with E-state index in [0.717, 1.165) is 10.2 Å². The molecule has 176 valence electrons. The Morgan fingerprint density at radius 1 is 1.03 bits per heavy atom. The second-order valence-corrected chi connectivity index (χ2v) is 8.30. The number of rotatable bonds is 6. The number of ether oxygens (including phenoxy) is 1. The number of nitrogens with zero attached hydrogens (tertiary/aromatic N) is 4. The number of anilines is 1. The van der Waals surface area contributed by atoms with Gasteiger partial charge in [0, 0.05) is 5.02 Å². The molecule has 0 unspecified atom stereocenters. The van der Waals surface area contributed by atoms with Gasteiger partial charge in [0.25, 0.3) is 5.56 Å². The van der Waals surface area contributed by atoms with E-state index in [0.29, 0.717) is 27.4 Å². The first-order chi connectivity index (χ1) is 17.0. The van der Waals surface area contributed by atoms with Crippen molar-refractivity contribution in [1.29, 1.82) is 0 Å². The second-order valence-electron chi connectivity index (χ2n) is 7.86. The maximum Gasteiger partial charge on any atom is 0.352 e. The quantitative estimate of drug-likeness (QED) is 0.395. The third kappa shape index (κ3) is 4.17. The standard InChI is InChI=1S/C25H20ClN5O4/c1-35-21-12-11-17(26)13-19(21)27-22(32)15-30-25(34)31-20-10-6-5-9-18(20)23(33)29(24(31)28-30)14-16-7-3-2-4-8-16/h2-13H,14-15H2,1H3,(H,27,32). The number of hydrogen-bond acceptors (Lipinski definition) is 5. The molecule has 3 aromatic carbocycles. The minimum absolute atomic E-state index is 0.149. The molecule has 0 saturated carbocycles. The van der Waals surface area contributed by atoms with E-state index in [1.54, 1.807) is 42.5 Å². The minimum Gasteiger partial charge on any atom is -0.495 e. The molecule has 0 spiro atoms. The van der Waals surface area contributed by atoms with Crippen LogP contribution in [-0.4, -0.2) is 31.8 Å². The fourth-order valence-corrected chi connectivity index (χ4v) is 4.15. The lowest BCUT2D eigenvalue weighted by atomic mass is 10.2. The molecule has 2 aromatic heterocycles. The Morgan fingerprint density at radius 2 is 1.77 bits per heavy atom. The molecule has 0 aliphatic rings. The van der Waals surface area contributed by atoms with Gasteiger partial charge in [0.2, 0.25) is 11.7 Å². The minimum atomic E-state index is -0.536. The van der Waals surface area contributed by atoms with Crippen molar-refractivity contribution >= 4 is 39.9 Å². The summed E-state index contributed by atoms with van der Waals surface area (Å²) in [6.07, 6.45) is 0. The topological polar surface area (TPSA) is 99.6 Å². The van der Waals surface area contributed by atoms with Crippen molar-refractivity contribution in [1.82, 2.24) is 18.7 Å². The Bertz CT molecular complexity index is 1690. The number of carbonyl (C=O) groups is 1. The molecule has 0 saturated heterocycles. The molecule has 1 amide bonds. The molecule has 0 aliphatic heterocycles. The summed E-state index contributed by atoms with van der Waals surface area (Å²) in [5.74, 6) is 0.0702. The predicted octanol–water partition coefficient (Wildman–Crippen LogP) is 3.16. The van der Waals surface area contributed by atoms with Crippen LogP contribution in [0.2, 0.25) is 5.02 Å². The zero-order chi connectivity index (χ0) is 24.5. The Labute approximate surface area is 203 Å². The van der Waals surface area contributed by atoms with Gasteiger partial charge in [-0.05, 0) is 35.9 Å². The number of carbonyl (C=O) groups excluding carboxylic acids is 1. The van der Waals surface area contributed by atoms with Crippen LogP contribution in [0.4, 0.5) is 5.69 Å². The molecule has 0 bridgehead atoms. The van der Waals surface area contributed by atoms with E-state index in [2.05, 4.69) is 10.4 Å². The van der Waals surface area contributed by atoms with Crippen LogP contribution < -0.4 is 21.3 Å². The van der Waals surface area contributed by atoms with E-state index < -0.39 is 11.6 Å². The molecule has 5 rings (SSSR count). The highest BCUT2D eigenvalue weighted by molar-refractivity contribution is 6.31. The lowest BCUT2D eigenvalue weighted by molar-refractivity contribution is -0.117. The van der Waals surface area contributed by atoms with Gasteiger partial charge in [-0.1, -0.05) is 54.1 Å². The predicted molar refractivity (Wildman–Crippen MR) is 133 cm³/mol. The Balaban J connectivity index is 1.60. The smallest absolute Gasteiger partial charge is 0.352 e. The highest BCUT2D eigenvalue weighted by Gasteiger charge is 2.19. The summed E-state index contributed by atoms with van der Waals surface area (Å²) >= 11 is 6.04. The largest absolute Gasteiger partial charge is 0.495 e. The van der Waals surface area contributed by atoms with Crippen LogP contribution in [0.25, 0.3) is 16.7 Å². The van der Waals surface area contributed by atoms with E-state index in [-0.39, 0.29) is 24.4 Å². The number of halogens is 1. The molecule has 0 radical (unpaired) electrons. The summed E-state index contributed by atoms with van der Waals surface area (Å²) in [7, 11) is 1.47. The number of para-hydroxylation sites is 1. The molecule has 9 nitrogen and oxygen atoms in total. The summed E-state index contributed by atoms with van der Waals surface area (Å²) in [6.45, 7) is -0.152. The van der Waals surface area contributed by atoms with Crippen LogP contribution in [0.5, 0.6) is 5.75 Å². The lowest BCUT2D eigenvalue weighted by Crippen LogP contribution is -2.29. The third-order valence-corrected chi connectivity index (χ3v) is 5.83. The van der Waals surface area contributed by atoms with Gasteiger partial charge in [0.05, 0.1) is 30.2 Å². The van der Waals surface area contributed by atoms with Gasteiger partial charge in [-0.2, -0.15) is 0 Å². The highest BCUT2D eigenvalue weighted by atomic mass is 35.5. The maximum atomic E-state index is 13.3. The molecule has 0 fully saturated rings. The van der Waals surface area contributed by atoms with Crippen molar-refractivity contribution < 1.29 is 9.53 Å². The third-order valence-electron chi connectivity index (χ3n) is 5.60. The summed E-state index contributed by atoms with van der Waals surface area (Å²) in [5, 5.41) is 7.87. The number of nitrogens with one attached hydrogen (secondary N) is 1. The first kappa shape index (κ1) is 22.4. The van der Waals surface area contributed by atoms with E-state index in [9.17, 15) is 14.4 Å². The summed E-state index contributed by atoms with van der Waals surface area (Å²) in [5.41, 5.74) is 0.853. The number of fused-ring (bicyclic) bond motifs is 3. The molecule has 1 N–H and O–H groups in total. The first-order valence-corrected chi connectivity index (χ1v) is 11.1. The van der Waals surface area contributed by atoms with Crippen molar-refractivity contribution in [2.45, 2.75) is 13.1 Å². The van der Waals surface area contributed by atoms with Crippen molar-refractivity contribution in [3.8, 4) is 5.75 Å². The van der Waals surface area contributed by atoms with E-state index >= 15 is 0 Å². The van der Waals surface area contributed by atoms with Crippen molar-refractivity contribution in [2.75, 3.05) is 12.4 Å². The van der Waals surface area contributed by atoms with Gasteiger partial charge in [-0.15, -0.1) is 5.10 Å². The second kappa shape index (κ2) is 9.11. The Kier molecular flexibility index (Phi) is 5.84. The summed E-state index contributed by atoms with van der Waals surface area (Å²) in [4.78, 5) is 39.5. The number of aromatic nitrogens is 4. The van der Waals surface area contributed by atoms with Gasteiger partial charge in [0.1, 0.15) is 12.3 Å². The Hall–Kier alpha value is -4.37. The van der Waals surface area contributed by atoms with Gasteiger partial charge in [-0.25, -0.2) is 13.9 Å². The van der Waals surface area contributed by atoms with Crippen LogP contribution in [0.3, 0.4) is 0 Å². The average Bonchev–Trinajstić information content (AvgIpc) is 3.18. The number of methoxy groups -OCH3 is 1. The van der Waals surface area contributed by atoms with Gasteiger partial charge >= 0.3 is 5.69 Å². The van der Waals surface area contributed by atoms with Crippen LogP contribution in [0.15, 0.2) is 82.4 Å². The molecule has 0 atom stereocenters. The molecule has 5 aromatic rings. The SMILES string of the molecule is COc1ccc(Cl)cc1NC(=O)Cn1nc2n(Cc3ccccc3)c(=O)c3ccccc3n2c1=O. The zero-order valence-electron chi connectivity index (χ0n) is 18.6. The monoisotopic (exact) mass is 489 g/mol. The summed E-state index contributed by atoms with van der Waals surface area (Å²) < 4.78 is 9.09.